The van der Waals surface area contributed by atoms with E-state index in [-0.39, 0.29) is 0 Å². The number of hydrogen-bond acceptors (Lipinski definition) is 5. The average Bonchev–Trinajstić information content (AvgIpc) is 2.52. The van der Waals surface area contributed by atoms with E-state index in [4.69, 9.17) is 15.2 Å². The van der Waals surface area contributed by atoms with Crippen LogP contribution in [-0.4, -0.2) is 35.4 Å². The summed E-state index contributed by atoms with van der Waals surface area (Å²) in [7, 11) is 9.43. The molecular weight excluding hydrogens is 292 g/mol. The number of nitrogen functional groups attached to an aromatic ring is 1. The summed E-state index contributed by atoms with van der Waals surface area (Å²) < 4.78 is 11.2. The highest BCUT2D eigenvalue weighted by Crippen LogP contribution is 2.37. The molecule has 0 aromatic heterocycles. The molecule has 23 heavy (non-hydrogen) atoms. The summed E-state index contributed by atoms with van der Waals surface area (Å²) in [4.78, 5) is 0. The second-order valence-electron chi connectivity index (χ2n) is 6.00. The second kappa shape index (κ2) is 6.66. The van der Waals surface area contributed by atoms with Crippen LogP contribution in [0.2, 0.25) is 0 Å². The number of quaternary nitrogens is 1. The zero-order valence-corrected chi connectivity index (χ0v) is 14.2. The van der Waals surface area contributed by atoms with Gasteiger partial charge in [-0.2, -0.15) is 5.11 Å². The summed E-state index contributed by atoms with van der Waals surface area (Å²) in [5.74, 6) is 1.09. The molecule has 6 heteroatoms. The third-order valence-corrected chi connectivity index (χ3v) is 3.41. The number of ether oxygens (including phenoxy) is 2. The van der Waals surface area contributed by atoms with Gasteiger partial charge in [-0.05, 0) is 12.1 Å². The monoisotopic (exact) mass is 315 g/mol. The fourth-order valence-electron chi connectivity index (χ4n) is 2.07. The molecule has 0 saturated carbocycles. The summed E-state index contributed by atoms with van der Waals surface area (Å²) in [5, 5.41) is 8.58. The first-order valence-electron chi connectivity index (χ1n) is 7.20. The highest BCUT2D eigenvalue weighted by molar-refractivity contribution is 5.67. The van der Waals surface area contributed by atoms with Gasteiger partial charge >= 0.3 is 0 Å². The van der Waals surface area contributed by atoms with Gasteiger partial charge in [-0.25, -0.2) is 0 Å². The van der Waals surface area contributed by atoms with E-state index in [1.165, 1.54) is 0 Å². The largest absolute Gasteiger partial charge is 0.495 e. The Kier molecular flexibility index (Phi) is 4.86. The van der Waals surface area contributed by atoms with Crippen molar-refractivity contribution in [2.45, 2.75) is 0 Å². The van der Waals surface area contributed by atoms with Gasteiger partial charge in [0.15, 0.2) is 0 Å². The molecule has 0 unspecified atom stereocenters. The fraction of sp³-hybridized carbons (Fsp3) is 0.294. The number of hydrogen-bond donors (Lipinski definition) is 1. The number of nitrogens with zero attached hydrogens (tertiary/aromatic N) is 3. The molecule has 122 valence electrons. The number of anilines is 1. The van der Waals surface area contributed by atoms with Gasteiger partial charge in [0.05, 0.1) is 46.7 Å². The Hall–Kier alpha value is -2.60. The van der Waals surface area contributed by atoms with Crippen LogP contribution in [-0.2, 0) is 0 Å². The van der Waals surface area contributed by atoms with Gasteiger partial charge in [-0.15, -0.1) is 5.11 Å². The van der Waals surface area contributed by atoms with Crippen LogP contribution >= 0.6 is 0 Å². The quantitative estimate of drug-likeness (QED) is 0.517. The maximum atomic E-state index is 5.87. The maximum absolute atomic E-state index is 5.87. The van der Waals surface area contributed by atoms with Crippen molar-refractivity contribution in [3.8, 4) is 11.5 Å². The normalized spacial score (nSPS) is 11.7. The Bertz CT molecular complexity index is 721. The highest BCUT2D eigenvalue weighted by atomic mass is 16.5. The van der Waals surface area contributed by atoms with Gasteiger partial charge in [-0.1, -0.05) is 6.07 Å². The topological polar surface area (TPSA) is 69.2 Å². The number of benzene rings is 2. The van der Waals surface area contributed by atoms with E-state index in [0.29, 0.717) is 27.4 Å². The van der Waals surface area contributed by atoms with Gasteiger partial charge in [-0.3, -0.25) is 4.48 Å². The molecule has 0 aliphatic carbocycles. The Morgan fingerprint density at radius 3 is 2.22 bits per heavy atom. The van der Waals surface area contributed by atoms with Crippen LogP contribution in [0.5, 0.6) is 11.5 Å². The molecule has 0 saturated heterocycles. The Morgan fingerprint density at radius 2 is 1.61 bits per heavy atom. The van der Waals surface area contributed by atoms with Crippen LogP contribution in [0.25, 0.3) is 0 Å². The first-order valence-corrected chi connectivity index (χ1v) is 7.20. The molecule has 6 nitrogen and oxygen atoms in total. The number of methoxy groups -OCH3 is 2. The molecule has 0 spiro atoms. The minimum absolute atomic E-state index is 0.496. The summed E-state index contributed by atoms with van der Waals surface area (Å²) in [6.07, 6.45) is 0. The first kappa shape index (κ1) is 16.8. The summed E-state index contributed by atoms with van der Waals surface area (Å²) in [6.45, 7) is 0. The second-order valence-corrected chi connectivity index (χ2v) is 6.00. The zero-order valence-electron chi connectivity index (χ0n) is 14.2. The minimum Gasteiger partial charge on any atom is -0.495 e. The standard InChI is InChI=1S/C17H23N4O2/c1-21(2,3)13-8-6-7-12(9-13)19-20-15-11-16(22-4)14(18)10-17(15)23-5/h6-11H,18H2,1-5H3/q+1. The molecule has 2 N–H and O–H groups in total. The minimum atomic E-state index is 0.496. The van der Waals surface area contributed by atoms with Crippen molar-refractivity contribution in [2.75, 3.05) is 41.1 Å². The van der Waals surface area contributed by atoms with Crippen LogP contribution in [0.3, 0.4) is 0 Å². The Balaban J connectivity index is 2.37. The van der Waals surface area contributed by atoms with Crippen LogP contribution in [0, 0.1) is 0 Å². The molecule has 0 heterocycles. The van der Waals surface area contributed by atoms with Crippen LogP contribution < -0.4 is 19.7 Å². The molecule has 0 aliphatic rings. The molecule has 0 bridgehead atoms. The summed E-state index contributed by atoms with van der Waals surface area (Å²) in [6, 6.07) is 11.3. The van der Waals surface area contributed by atoms with Gasteiger partial charge < -0.3 is 15.2 Å². The third-order valence-electron chi connectivity index (χ3n) is 3.41. The number of rotatable bonds is 5. The third kappa shape index (κ3) is 3.98. The van der Waals surface area contributed by atoms with Crippen molar-refractivity contribution in [2.24, 2.45) is 10.2 Å². The molecule has 0 amide bonds. The van der Waals surface area contributed by atoms with Gasteiger partial charge in [0, 0.05) is 18.2 Å². The first-order chi connectivity index (χ1) is 10.8. The average molecular weight is 315 g/mol. The summed E-state index contributed by atoms with van der Waals surface area (Å²) >= 11 is 0. The van der Waals surface area contributed by atoms with Crippen molar-refractivity contribution < 1.29 is 9.47 Å². The van der Waals surface area contributed by atoms with E-state index in [0.717, 1.165) is 11.4 Å². The Morgan fingerprint density at radius 1 is 0.913 bits per heavy atom. The van der Waals surface area contributed by atoms with E-state index in [1.54, 1.807) is 26.4 Å². The zero-order chi connectivity index (χ0) is 17.0. The van der Waals surface area contributed by atoms with Crippen LogP contribution in [0.4, 0.5) is 22.7 Å². The van der Waals surface area contributed by atoms with Crippen LogP contribution in [0.15, 0.2) is 46.6 Å². The molecule has 0 radical (unpaired) electrons. The van der Waals surface area contributed by atoms with E-state index in [9.17, 15) is 0 Å². The predicted octanol–water partition coefficient (Wildman–Crippen LogP) is 3.90. The summed E-state index contributed by atoms with van der Waals surface area (Å²) in [5.41, 5.74) is 8.85. The fourth-order valence-corrected chi connectivity index (χ4v) is 2.07. The SMILES string of the molecule is COc1cc(N=Nc2cccc([N+](C)(C)C)c2)c(OC)cc1N. The lowest BCUT2D eigenvalue weighted by atomic mass is 10.2. The number of nitrogens with two attached hydrogens (primary N) is 1. The molecule has 0 atom stereocenters. The Labute approximate surface area is 136 Å². The molecule has 2 aromatic rings. The molecule has 0 aliphatic heterocycles. The van der Waals surface area contributed by atoms with Gasteiger partial charge in [0.2, 0.25) is 0 Å². The van der Waals surface area contributed by atoms with E-state index in [2.05, 4.69) is 37.4 Å². The van der Waals surface area contributed by atoms with Crippen molar-refractivity contribution in [1.82, 2.24) is 4.48 Å². The molecule has 2 aromatic carbocycles. The molecule has 2 rings (SSSR count). The van der Waals surface area contributed by atoms with Crippen molar-refractivity contribution in [3.05, 3.63) is 36.4 Å². The molecule has 0 fully saturated rings. The highest BCUT2D eigenvalue weighted by Gasteiger charge is 2.12. The van der Waals surface area contributed by atoms with E-state index in [1.807, 2.05) is 18.2 Å². The lowest BCUT2D eigenvalue weighted by Crippen LogP contribution is -2.34. The lowest BCUT2D eigenvalue weighted by molar-refractivity contribution is 0.406. The van der Waals surface area contributed by atoms with Crippen molar-refractivity contribution >= 4 is 22.7 Å². The van der Waals surface area contributed by atoms with Crippen LogP contribution in [0.1, 0.15) is 0 Å². The van der Waals surface area contributed by atoms with E-state index < -0.39 is 0 Å². The smallest absolute Gasteiger partial charge is 0.148 e. The maximum Gasteiger partial charge on any atom is 0.148 e. The van der Waals surface area contributed by atoms with Gasteiger partial charge in [0.1, 0.15) is 22.9 Å². The lowest BCUT2D eigenvalue weighted by Gasteiger charge is -2.23. The molecular formula is C17H23N4O2+. The van der Waals surface area contributed by atoms with Crippen molar-refractivity contribution in [1.29, 1.82) is 0 Å². The predicted molar refractivity (Wildman–Crippen MR) is 94.1 cm³/mol. The van der Waals surface area contributed by atoms with E-state index >= 15 is 0 Å². The van der Waals surface area contributed by atoms with Crippen molar-refractivity contribution in [3.63, 3.8) is 0 Å². The number of azo groups is 1. The van der Waals surface area contributed by atoms with Gasteiger partial charge in [0.25, 0.3) is 0 Å².